The summed E-state index contributed by atoms with van der Waals surface area (Å²) in [7, 11) is 1.93. The van der Waals surface area contributed by atoms with E-state index >= 15 is 0 Å². The van der Waals surface area contributed by atoms with Crippen LogP contribution in [0.2, 0.25) is 0 Å². The van der Waals surface area contributed by atoms with Gasteiger partial charge >= 0.3 is 0 Å². The van der Waals surface area contributed by atoms with Gasteiger partial charge in [0.1, 0.15) is 6.54 Å². The Morgan fingerprint density at radius 3 is 2.21 bits per heavy atom. The number of aromatic nitrogens is 1. The van der Waals surface area contributed by atoms with Gasteiger partial charge in [0, 0.05) is 49.7 Å². The van der Waals surface area contributed by atoms with Gasteiger partial charge in [0.2, 0.25) is 5.91 Å². The first-order chi connectivity index (χ1) is 15.9. The maximum atomic E-state index is 13.4. The summed E-state index contributed by atoms with van der Waals surface area (Å²) in [4.78, 5) is 40.1. The number of nitrogens with zero attached hydrogens (tertiary/aromatic N) is 4. The lowest BCUT2D eigenvalue weighted by atomic mass is 10.1. The highest BCUT2D eigenvalue weighted by Gasteiger charge is 2.23. The summed E-state index contributed by atoms with van der Waals surface area (Å²) in [6.45, 7) is 3.12. The van der Waals surface area contributed by atoms with E-state index < -0.39 is 4.92 Å². The molecule has 1 aromatic heterocycles. The number of hydrogen-bond acceptors (Lipinski definition) is 4. The lowest BCUT2D eigenvalue weighted by Crippen LogP contribution is -2.43. The van der Waals surface area contributed by atoms with Gasteiger partial charge in [-0.25, -0.2) is 0 Å². The molecule has 0 aliphatic carbocycles. The van der Waals surface area contributed by atoms with Crippen molar-refractivity contribution in [2.75, 3.05) is 13.1 Å². The van der Waals surface area contributed by atoms with Crippen LogP contribution in [0, 0.1) is 10.1 Å². The van der Waals surface area contributed by atoms with Gasteiger partial charge in [-0.2, -0.15) is 0 Å². The number of benzene rings is 2. The molecule has 8 heteroatoms. The summed E-state index contributed by atoms with van der Waals surface area (Å²) in [6.07, 6.45) is 2.62. The largest absolute Gasteiger partial charge is 0.353 e. The number of nitro benzene ring substituents is 1. The van der Waals surface area contributed by atoms with E-state index in [1.807, 2.05) is 67.2 Å². The Bertz CT molecular complexity index is 1090. The van der Waals surface area contributed by atoms with Crippen molar-refractivity contribution in [1.29, 1.82) is 0 Å². The normalized spacial score (nSPS) is 10.6. The lowest BCUT2D eigenvalue weighted by molar-refractivity contribution is -0.384. The molecule has 33 heavy (non-hydrogen) atoms. The molecular weight excluding hydrogens is 420 g/mol. The van der Waals surface area contributed by atoms with E-state index in [1.54, 1.807) is 4.90 Å². The first-order valence-corrected chi connectivity index (χ1v) is 10.8. The number of amides is 2. The highest BCUT2D eigenvalue weighted by molar-refractivity contribution is 5.96. The molecule has 3 rings (SSSR count). The van der Waals surface area contributed by atoms with E-state index in [0.29, 0.717) is 31.6 Å². The van der Waals surface area contributed by atoms with E-state index in [4.69, 9.17) is 0 Å². The number of carbonyl (C=O) groups excluding carboxylic acids is 2. The Morgan fingerprint density at radius 2 is 1.64 bits per heavy atom. The van der Waals surface area contributed by atoms with Crippen molar-refractivity contribution in [3.8, 4) is 0 Å². The molecular formula is C25H28N4O4. The third-order valence-electron chi connectivity index (χ3n) is 5.41. The second-order valence-corrected chi connectivity index (χ2v) is 7.88. The third-order valence-corrected chi connectivity index (χ3v) is 5.41. The fourth-order valence-corrected chi connectivity index (χ4v) is 3.59. The Labute approximate surface area is 193 Å². The summed E-state index contributed by atoms with van der Waals surface area (Å²) in [5.41, 5.74) is 2.23. The van der Waals surface area contributed by atoms with Crippen LogP contribution in [0.3, 0.4) is 0 Å². The molecule has 0 saturated carbocycles. The highest BCUT2D eigenvalue weighted by atomic mass is 16.6. The molecule has 0 aliphatic heterocycles. The predicted molar refractivity (Wildman–Crippen MR) is 125 cm³/mol. The standard InChI is InChI=1S/C25H28N4O4/c1-3-15-27(25(31)21-11-13-22(14-12-21)29(32)33)19-24(30)28(17-20-8-5-4-6-9-20)18-23-10-7-16-26(23)2/h4-14,16H,3,15,17-19H2,1-2H3. The number of aryl methyl sites for hydroxylation is 1. The average Bonchev–Trinajstić information content (AvgIpc) is 3.22. The molecule has 0 atom stereocenters. The van der Waals surface area contributed by atoms with Crippen molar-refractivity contribution in [3.63, 3.8) is 0 Å². The number of rotatable bonds is 10. The first kappa shape index (κ1) is 23.7. The van der Waals surface area contributed by atoms with E-state index in [9.17, 15) is 19.7 Å². The monoisotopic (exact) mass is 448 g/mol. The molecule has 0 radical (unpaired) electrons. The van der Waals surface area contributed by atoms with Crippen LogP contribution >= 0.6 is 0 Å². The quantitative estimate of drug-likeness (QED) is 0.346. The van der Waals surface area contributed by atoms with Crippen LogP contribution in [0.4, 0.5) is 5.69 Å². The molecule has 0 bridgehead atoms. The van der Waals surface area contributed by atoms with E-state index in [0.717, 1.165) is 11.3 Å². The maximum absolute atomic E-state index is 13.4. The van der Waals surface area contributed by atoms with Crippen molar-refractivity contribution in [2.45, 2.75) is 26.4 Å². The Balaban J connectivity index is 1.79. The molecule has 0 unspecified atom stereocenters. The second kappa shape index (κ2) is 11.1. The van der Waals surface area contributed by atoms with Gasteiger partial charge in [0.25, 0.3) is 11.6 Å². The number of nitro groups is 1. The van der Waals surface area contributed by atoms with Gasteiger partial charge in [-0.15, -0.1) is 0 Å². The molecule has 2 aromatic carbocycles. The van der Waals surface area contributed by atoms with Gasteiger partial charge in [-0.05, 0) is 36.2 Å². The van der Waals surface area contributed by atoms with Crippen molar-refractivity contribution in [3.05, 3.63) is 99.9 Å². The van der Waals surface area contributed by atoms with Crippen LogP contribution in [0.15, 0.2) is 72.9 Å². The fourth-order valence-electron chi connectivity index (χ4n) is 3.59. The van der Waals surface area contributed by atoms with Gasteiger partial charge in [-0.1, -0.05) is 37.3 Å². The Kier molecular flexibility index (Phi) is 7.96. The Morgan fingerprint density at radius 1 is 0.939 bits per heavy atom. The molecule has 8 nitrogen and oxygen atoms in total. The van der Waals surface area contributed by atoms with E-state index in [1.165, 1.54) is 29.2 Å². The van der Waals surface area contributed by atoms with E-state index in [2.05, 4.69) is 0 Å². The van der Waals surface area contributed by atoms with Gasteiger partial charge in [0.05, 0.1) is 11.5 Å². The molecule has 3 aromatic rings. The molecule has 0 saturated heterocycles. The zero-order valence-corrected chi connectivity index (χ0v) is 18.9. The van der Waals surface area contributed by atoms with Gasteiger partial charge in [-0.3, -0.25) is 19.7 Å². The molecule has 0 fully saturated rings. The number of non-ortho nitro benzene ring substituents is 1. The van der Waals surface area contributed by atoms with E-state index in [-0.39, 0.29) is 24.0 Å². The van der Waals surface area contributed by atoms with Crippen molar-refractivity contribution in [1.82, 2.24) is 14.4 Å². The summed E-state index contributed by atoms with van der Waals surface area (Å²) in [5, 5.41) is 10.9. The van der Waals surface area contributed by atoms with Crippen LogP contribution in [-0.2, 0) is 24.9 Å². The minimum Gasteiger partial charge on any atom is -0.353 e. The van der Waals surface area contributed by atoms with Crippen LogP contribution in [-0.4, -0.2) is 44.2 Å². The average molecular weight is 449 g/mol. The van der Waals surface area contributed by atoms with Gasteiger partial charge < -0.3 is 14.4 Å². The predicted octanol–water partition coefficient (Wildman–Crippen LogP) is 4.01. The van der Waals surface area contributed by atoms with Crippen molar-refractivity contribution in [2.24, 2.45) is 7.05 Å². The third kappa shape index (κ3) is 6.29. The zero-order chi connectivity index (χ0) is 23.8. The maximum Gasteiger partial charge on any atom is 0.269 e. The minimum atomic E-state index is -0.507. The molecule has 0 N–H and O–H groups in total. The number of hydrogen-bond donors (Lipinski definition) is 0. The van der Waals surface area contributed by atoms with Crippen LogP contribution in [0.1, 0.15) is 35.0 Å². The summed E-state index contributed by atoms with van der Waals surface area (Å²) < 4.78 is 1.97. The molecule has 0 aliphatic rings. The Hall–Kier alpha value is -3.94. The summed E-state index contributed by atoms with van der Waals surface area (Å²) in [5.74, 6) is -0.484. The van der Waals surface area contributed by atoms with Crippen LogP contribution < -0.4 is 0 Å². The molecule has 1 heterocycles. The summed E-state index contributed by atoms with van der Waals surface area (Å²) >= 11 is 0. The van der Waals surface area contributed by atoms with Crippen LogP contribution in [0.25, 0.3) is 0 Å². The molecule has 0 spiro atoms. The van der Waals surface area contributed by atoms with Gasteiger partial charge in [0.15, 0.2) is 0 Å². The fraction of sp³-hybridized carbons (Fsp3) is 0.280. The second-order valence-electron chi connectivity index (χ2n) is 7.88. The zero-order valence-electron chi connectivity index (χ0n) is 18.9. The molecule has 2 amide bonds. The number of carbonyl (C=O) groups is 2. The van der Waals surface area contributed by atoms with Crippen LogP contribution in [0.5, 0.6) is 0 Å². The smallest absolute Gasteiger partial charge is 0.269 e. The highest BCUT2D eigenvalue weighted by Crippen LogP contribution is 2.15. The lowest BCUT2D eigenvalue weighted by Gasteiger charge is -2.28. The van der Waals surface area contributed by atoms with Crippen molar-refractivity contribution >= 4 is 17.5 Å². The van der Waals surface area contributed by atoms with Crippen molar-refractivity contribution < 1.29 is 14.5 Å². The molecule has 172 valence electrons. The first-order valence-electron chi connectivity index (χ1n) is 10.8. The summed E-state index contributed by atoms with van der Waals surface area (Å²) in [6, 6.07) is 19.1. The topological polar surface area (TPSA) is 88.7 Å². The SMILES string of the molecule is CCCN(CC(=O)N(Cc1ccccc1)Cc1cccn1C)C(=O)c1ccc([N+](=O)[O-])cc1. The minimum absolute atomic E-state index is 0.0685.